The van der Waals surface area contributed by atoms with Crippen molar-refractivity contribution in [2.45, 2.75) is 6.92 Å². The third-order valence-electron chi connectivity index (χ3n) is 2.64. The van der Waals surface area contributed by atoms with Crippen LogP contribution in [0.25, 0.3) is 0 Å². The van der Waals surface area contributed by atoms with E-state index in [1.165, 1.54) is 18.2 Å². The quantitative estimate of drug-likeness (QED) is 0.619. The van der Waals surface area contributed by atoms with Crippen molar-refractivity contribution in [1.29, 1.82) is 5.26 Å². The smallest absolute Gasteiger partial charge is 0.312 e. The van der Waals surface area contributed by atoms with Crippen molar-refractivity contribution in [2.24, 2.45) is 0 Å². The van der Waals surface area contributed by atoms with Crippen LogP contribution >= 0.6 is 15.9 Å². The largest absolute Gasteiger partial charge is 0.450 e. The number of halogens is 1. The molecule has 0 fully saturated rings. The van der Waals surface area contributed by atoms with Crippen molar-refractivity contribution in [3.8, 4) is 17.6 Å². The van der Waals surface area contributed by atoms with Gasteiger partial charge in [0.2, 0.25) is 5.75 Å². The monoisotopic (exact) mass is 332 g/mol. The maximum Gasteiger partial charge on any atom is 0.312 e. The third kappa shape index (κ3) is 2.95. The van der Waals surface area contributed by atoms with Crippen LogP contribution in [0.3, 0.4) is 0 Å². The average Bonchev–Trinajstić information content (AvgIpc) is 2.42. The summed E-state index contributed by atoms with van der Waals surface area (Å²) in [6, 6.07) is 11.3. The molecule has 0 radical (unpaired) electrons. The average molecular weight is 333 g/mol. The van der Waals surface area contributed by atoms with Crippen LogP contribution in [0, 0.1) is 28.4 Å². The van der Waals surface area contributed by atoms with Gasteiger partial charge in [0.1, 0.15) is 5.75 Å². The molecule has 0 heterocycles. The molecule has 100 valence electrons. The molecule has 0 bridgehead atoms. The van der Waals surface area contributed by atoms with E-state index in [0.717, 1.165) is 10.0 Å². The zero-order valence-electron chi connectivity index (χ0n) is 10.5. The number of aryl methyl sites for hydroxylation is 1. The Morgan fingerprint density at radius 2 is 1.95 bits per heavy atom. The minimum atomic E-state index is -0.565. The van der Waals surface area contributed by atoms with E-state index in [1.54, 1.807) is 12.1 Å². The van der Waals surface area contributed by atoms with Gasteiger partial charge in [0.05, 0.1) is 16.6 Å². The first kappa shape index (κ1) is 14.0. The molecule has 0 aromatic heterocycles. The third-order valence-corrected chi connectivity index (χ3v) is 3.13. The second-order valence-electron chi connectivity index (χ2n) is 4.06. The predicted octanol–water partition coefficient (Wildman–Crippen LogP) is 4.33. The first-order valence-electron chi connectivity index (χ1n) is 5.64. The lowest BCUT2D eigenvalue weighted by atomic mass is 10.2. The Bertz CT molecular complexity index is 723. The minimum Gasteiger partial charge on any atom is -0.450 e. The highest BCUT2D eigenvalue weighted by molar-refractivity contribution is 9.10. The fourth-order valence-corrected chi connectivity index (χ4v) is 2.14. The highest BCUT2D eigenvalue weighted by Crippen LogP contribution is 2.34. The molecule has 0 atom stereocenters. The van der Waals surface area contributed by atoms with E-state index in [4.69, 9.17) is 10.00 Å². The fraction of sp³-hybridized carbons (Fsp3) is 0.0714. The number of hydrogen-bond donors (Lipinski definition) is 0. The Morgan fingerprint density at radius 1 is 1.25 bits per heavy atom. The van der Waals surface area contributed by atoms with Crippen LogP contribution in [0.15, 0.2) is 40.9 Å². The van der Waals surface area contributed by atoms with Gasteiger partial charge in [0.15, 0.2) is 0 Å². The van der Waals surface area contributed by atoms with E-state index in [-0.39, 0.29) is 17.0 Å². The van der Waals surface area contributed by atoms with Gasteiger partial charge in [0, 0.05) is 10.5 Å². The molecule has 0 saturated carbocycles. The number of rotatable bonds is 3. The van der Waals surface area contributed by atoms with Gasteiger partial charge in [-0.2, -0.15) is 5.26 Å². The van der Waals surface area contributed by atoms with Crippen LogP contribution in [-0.4, -0.2) is 4.92 Å². The van der Waals surface area contributed by atoms with Crippen molar-refractivity contribution >= 4 is 21.6 Å². The molecule has 5 nitrogen and oxygen atoms in total. The number of benzene rings is 2. The summed E-state index contributed by atoms with van der Waals surface area (Å²) < 4.78 is 6.48. The molecule has 0 aliphatic carbocycles. The topological polar surface area (TPSA) is 76.2 Å². The maximum atomic E-state index is 11.0. The van der Waals surface area contributed by atoms with Crippen molar-refractivity contribution in [1.82, 2.24) is 0 Å². The molecule has 0 N–H and O–H groups in total. The van der Waals surface area contributed by atoms with Gasteiger partial charge in [-0.05, 0) is 42.8 Å². The normalized spacial score (nSPS) is 9.85. The Hall–Kier alpha value is -2.39. The van der Waals surface area contributed by atoms with Gasteiger partial charge >= 0.3 is 5.69 Å². The summed E-state index contributed by atoms with van der Waals surface area (Å²) in [4.78, 5) is 10.5. The Kier molecular flexibility index (Phi) is 4.01. The first-order chi connectivity index (χ1) is 9.51. The molecule has 2 aromatic carbocycles. The van der Waals surface area contributed by atoms with Crippen LogP contribution in [0.4, 0.5) is 5.69 Å². The summed E-state index contributed by atoms with van der Waals surface area (Å²) in [5, 5.41) is 19.8. The molecule has 0 amide bonds. The Labute approximate surface area is 123 Å². The molecule has 2 aromatic rings. The number of nitro groups is 1. The summed E-state index contributed by atoms with van der Waals surface area (Å²) in [5.74, 6) is 0.639. The van der Waals surface area contributed by atoms with Gasteiger partial charge in [-0.15, -0.1) is 0 Å². The molecule has 0 spiro atoms. The predicted molar refractivity (Wildman–Crippen MR) is 76.8 cm³/mol. The van der Waals surface area contributed by atoms with Gasteiger partial charge in [-0.3, -0.25) is 10.1 Å². The zero-order chi connectivity index (χ0) is 14.7. The zero-order valence-corrected chi connectivity index (χ0v) is 12.0. The van der Waals surface area contributed by atoms with Crippen LogP contribution in [-0.2, 0) is 0 Å². The van der Waals surface area contributed by atoms with E-state index < -0.39 is 4.92 Å². The summed E-state index contributed by atoms with van der Waals surface area (Å²) in [7, 11) is 0. The Morgan fingerprint density at radius 3 is 2.55 bits per heavy atom. The summed E-state index contributed by atoms with van der Waals surface area (Å²) >= 11 is 3.34. The molecule has 2 rings (SSSR count). The number of nitrogens with zero attached hydrogens (tertiary/aromatic N) is 2. The van der Waals surface area contributed by atoms with Crippen molar-refractivity contribution in [3.63, 3.8) is 0 Å². The van der Waals surface area contributed by atoms with Gasteiger partial charge in [0.25, 0.3) is 0 Å². The molecule has 0 saturated heterocycles. The van der Waals surface area contributed by atoms with Crippen LogP contribution in [0.1, 0.15) is 11.1 Å². The molecule has 6 heteroatoms. The molecule has 20 heavy (non-hydrogen) atoms. The van der Waals surface area contributed by atoms with E-state index in [9.17, 15) is 10.1 Å². The molecular formula is C14H9BrN2O3. The van der Waals surface area contributed by atoms with Crippen LogP contribution in [0.2, 0.25) is 0 Å². The molecular weight excluding hydrogens is 324 g/mol. The number of nitro benzene ring substituents is 1. The second kappa shape index (κ2) is 5.72. The van der Waals surface area contributed by atoms with E-state index in [1.807, 2.05) is 19.1 Å². The van der Waals surface area contributed by atoms with E-state index >= 15 is 0 Å². The molecule has 0 aliphatic rings. The Balaban J connectivity index is 2.43. The van der Waals surface area contributed by atoms with Gasteiger partial charge < -0.3 is 4.74 Å². The van der Waals surface area contributed by atoms with Gasteiger partial charge in [-0.1, -0.05) is 15.9 Å². The summed E-state index contributed by atoms with van der Waals surface area (Å²) in [6.07, 6.45) is 0. The lowest BCUT2D eigenvalue weighted by Gasteiger charge is -2.09. The summed E-state index contributed by atoms with van der Waals surface area (Å²) in [5.41, 5.74) is 0.834. The fourth-order valence-electron chi connectivity index (χ4n) is 1.66. The lowest BCUT2D eigenvalue weighted by molar-refractivity contribution is -0.385. The van der Waals surface area contributed by atoms with Crippen molar-refractivity contribution in [2.75, 3.05) is 0 Å². The van der Waals surface area contributed by atoms with Crippen molar-refractivity contribution < 1.29 is 9.66 Å². The number of ether oxygens (including phenoxy) is 1. The van der Waals surface area contributed by atoms with E-state index in [0.29, 0.717) is 5.75 Å². The van der Waals surface area contributed by atoms with Crippen molar-refractivity contribution in [3.05, 3.63) is 62.1 Å². The SMILES string of the molecule is Cc1cc(Br)ccc1Oc1ccc(C#N)cc1[N+](=O)[O-]. The highest BCUT2D eigenvalue weighted by atomic mass is 79.9. The second-order valence-corrected chi connectivity index (χ2v) is 4.98. The van der Waals surface area contributed by atoms with Gasteiger partial charge in [-0.25, -0.2) is 0 Å². The lowest BCUT2D eigenvalue weighted by Crippen LogP contribution is -1.95. The summed E-state index contributed by atoms with van der Waals surface area (Å²) in [6.45, 7) is 1.84. The van der Waals surface area contributed by atoms with Crippen LogP contribution in [0.5, 0.6) is 11.5 Å². The molecule has 0 aliphatic heterocycles. The first-order valence-corrected chi connectivity index (χ1v) is 6.43. The highest BCUT2D eigenvalue weighted by Gasteiger charge is 2.17. The van der Waals surface area contributed by atoms with E-state index in [2.05, 4.69) is 15.9 Å². The number of hydrogen-bond acceptors (Lipinski definition) is 4. The maximum absolute atomic E-state index is 11.0. The van der Waals surface area contributed by atoms with Crippen LogP contribution < -0.4 is 4.74 Å². The molecule has 0 unspecified atom stereocenters. The standard InChI is InChI=1S/C14H9BrN2O3/c1-9-6-11(15)3-5-13(9)20-14-4-2-10(8-16)7-12(14)17(18)19/h2-7H,1H3. The number of nitriles is 1. The minimum absolute atomic E-state index is 0.111.